The summed E-state index contributed by atoms with van der Waals surface area (Å²) in [7, 11) is 1.51. The quantitative estimate of drug-likeness (QED) is 0.321. The number of piperazine rings is 1. The molecule has 0 radical (unpaired) electrons. The van der Waals surface area contributed by atoms with E-state index in [1.54, 1.807) is 0 Å². The van der Waals surface area contributed by atoms with Gasteiger partial charge in [0.25, 0.3) is 5.91 Å². The Labute approximate surface area is 228 Å². The van der Waals surface area contributed by atoms with E-state index in [-0.39, 0.29) is 23.9 Å². The topological polar surface area (TPSA) is 139 Å². The molecule has 210 valence electrons. The number of carboxylic acid groups (broad SMARTS) is 1. The molecule has 39 heavy (non-hydrogen) atoms. The summed E-state index contributed by atoms with van der Waals surface area (Å²) < 4.78 is 43.1. The van der Waals surface area contributed by atoms with E-state index in [2.05, 4.69) is 15.2 Å². The van der Waals surface area contributed by atoms with Gasteiger partial charge in [-0.15, -0.1) is 0 Å². The lowest BCUT2D eigenvalue weighted by Crippen LogP contribution is -2.48. The molecule has 0 saturated carbocycles. The first kappa shape index (κ1) is 28.6. The van der Waals surface area contributed by atoms with Crippen molar-refractivity contribution in [3.8, 4) is 11.3 Å². The van der Waals surface area contributed by atoms with Crippen LogP contribution in [0.2, 0.25) is 0 Å². The summed E-state index contributed by atoms with van der Waals surface area (Å²) >= 11 is -2.25. The van der Waals surface area contributed by atoms with Gasteiger partial charge >= 0.3 is 6.09 Å². The molecule has 2 amide bonds. The van der Waals surface area contributed by atoms with Gasteiger partial charge in [0.15, 0.2) is 0 Å². The number of amides is 2. The van der Waals surface area contributed by atoms with Crippen LogP contribution in [0.3, 0.4) is 0 Å². The Balaban J connectivity index is 1.55. The normalized spacial score (nSPS) is 15.2. The van der Waals surface area contributed by atoms with Gasteiger partial charge in [0.1, 0.15) is 11.6 Å². The number of nitrogens with one attached hydrogen (secondary N) is 1. The van der Waals surface area contributed by atoms with Crippen molar-refractivity contribution in [1.29, 1.82) is 0 Å². The Kier molecular flexibility index (Phi) is 9.28. The molecule has 1 aliphatic rings. The van der Waals surface area contributed by atoms with Crippen molar-refractivity contribution < 1.29 is 32.3 Å². The number of aryl methyl sites for hydroxylation is 1. The third-order valence-electron chi connectivity index (χ3n) is 6.86. The van der Waals surface area contributed by atoms with Crippen molar-refractivity contribution in [3.63, 3.8) is 0 Å². The number of hydrogen-bond donors (Lipinski definition) is 3. The number of hydrogen-bond acceptors (Lipinski definition) is 6. The lowest BCUT2D eigenvalue weighted by molar-refractivity contribution is 0.0964. The fraction of sp³-hybridized carbons (Fsp3) is 0.423. The zero-order valence-corrected chi connectivity index (χ0v) is 22.7. The molecule has 4 rings (SSSR count). The average Bonchev–Trinajstić information content (AvgIpc) is 3.30. The molecule has 0 spiro atoms. The molecule has 1 fully saturated rings. The zero-order valence-electron chi connectivity index (χ0n) is 21.9. The monoisotopic (exact) mass is 561 g/mol. The van der Waals surface area contributed by atoms with Crippen molar-refractivity contribution in [3.05, 3.63) is 53.0 Å². The summed E-state index contributed by atoms with van der Waals surface area (Å²) in [5, 5.41) is 12.2. The van der Waals surface area contributed by atoms with Crippen LogP contribution in [0.5, 0.6) is 0 Å². The predicted octanol–water partition coefficient (Wildman–Crippen LogP) is 3.18. The van der Waals surface area contributed by atoms with Crippen molar-refractivity contribution in [2.24, 2.45) is 0 Å². The molecule has 1 unspecified atom stereocenters. The summed E-state index contributed by atoms with van der Waals surface area (Å²) in [4.78, 5) is 32.1. The standard InChI is InChI=1S/C26H32FN5O6S/c1-3-17-15-20-22(24(33)28-2)23(18-5-7-19(27)8-6-18)38-25(20)29-21(17)16-32(39(36)37)10-4-9-30-11-13-31(14-12-30)26(34)35/h5-8,15H,3-4,9-14,16H2,1-2H3,(H,28,33)(H,34,35)(H,36,37). The number of carbonyl (C=O) groups excluding carboxylic acids is 1. The van der Waals surface area contributed by atoms with E-state index in [4.69, 9.17) is 9.52 Å². The highest BCUT2D eigenvalue weighted by Crippen LogP contribution is 2.34. The second kappa shape index (κ2) is 12.6. The first-order valence-corrected chi connectivity index (χ1v) is 13.8. The number of furan rings is 1. The Hall–Kier alpha value is -3.39. The van der Waals surface area contributed by atoms with E-state index in [1.165, 1.54) is 40.5 Å². The largest absolute Gasteiger partial charge is 0.465 e. The molecule has 2 aromatic heterocycles. The number of carbonyl (C=O) groups is 2. The second-order valence-corrected chi connectivity index (χ2v) is 10.2. The van der Waals surface area contributed by atoms with E-state index < -0.39 is 23.2 Å². The minimum absolute atomic E-state index is 0.0942. The molecule has 1 atom stereocenters. The summed E-state index contributed by atoms with van der Waals surface area (Å²) in [5.41, 5.74) is 2.39. The number of halogens is 1. The summed E-state index contributed by atoms with van der Waals surface area (Å²) in [5.74, 6) is -0.516. The number of aromatic nitrogens is 1. The van der Waals surface area contributed by atoms with Gasteiger partial charge in [-0.3, -0.25) is 14.2 Å². The lowest BCUT2D eigenvalue weighted by Gasteiger charge is -2.33. The number of fused-ring (bicyclic) bond motifs is 1. The highest BCUT2D eigenvalue weighted by Gasteiger charge is 2.25. The number of benzene rings is 1. The SMILES string of the molecule is CCc1cc2c(C(=O)NC)c(-c3ccc(F)cc3)oc2nc1CN(CCCN1CCN(C(=O)O)CC1)S(=O)O. The van der Waals surface area contributed by atoms with Crippen LogP contribution >= 0.6 is 0 Å². The first-order chi connectivity index (χ1) is 18.7. The van der Waals surface area contributed by atoms with Gasteiger partial charge in [-0.1, -0.05) is 6.92 Å². The molecule has 13 heteroatoms. The predicted molar refractivity (Wildman–Crippen MR) is 144 cm³/mol. The maximum atomic E-state index is 13.5. The third kappa shape index (κ3) is 6.61. The van der Waals surface area contributed by atoms with Crippen LogP contribution in [0.4, 0.5) is 9.18 Å². The van der Waals surface area contributed by atoms with E-state index in [1.807, 2.05) is 13.0 Å². The highest BCUT2D eigenvalue weighted by atomic mass is 32.2. The summed E-state index contributed by atoms with van der Waals surface area (Å²) in [6, 6.07) is 7.44. The maximum absolute atomic E-state index is 13.5. The molecule has 0 bridgehead atoms. The van der Waals surface area contributed by atoms with Crippen molar-refractivity contribution in [2.45, 2.75) is 26.3 Å². The highest BCUT2D eigenvalue weighted by molar-refractivity contribution is 7.76. The van der Waals surface area contributed by atoms with Gasteiger partial charge in [-0.2, -0.15) is 4.31 Å². The zero-order chi connectivity index (χ0) is 28.1. The van der Waals surface area contributed by atoms with E-state index in [9.17, 15) is 22.7 Å². The molecule has 3 N–H and O–H groups in total. The van der Waals surface area contributed by atoms with Crippen LogP contribution in [0, 0.1) is 5.82 Å². The first-order valence-electron chi connectivity index (χ1n) is 12.7. The van der Waals surface area contributed by atoms with Crippen LogP contribution in [-0.2, 0) is 24.2 Å². The van der Waals surface area contributed by atoms with E-state index in [0.29, 0.717) is 74.3 Å². The molecule has 11 nitrogen and oxygen atoms in total. The van der Waals surface area contributed by atoms with Gasteiger partial charge in [-0.05, 0) is 55.3 Å². The van der Waals surface area contributed by atoms with Crippen LogP contribution in [0.15, 0.2) is 34.7 Å². The average molecular weight is 562 g/mol. The van der Waals surface area contributed by atoms with Crippen LogP contribution in [-0.4, -0.2) is 91.3 Å². The maximum Gasteiger partial charge on any atom is 0.407 e. The van der Waals surface area contributed by atoms with E-state index >= 15 is 0 Å². The molecule has 1 aliphatic heterocycles. The van der Waals surface area contributed by atoms with Gasteiger partial charge in [0, 0.05) is 45.3 Å². The van der Waals surface area contributed by atoms with Crippen LogP contribution < -0.4 is 5.32 Å². The fourth-order valence-corrected chi connectivity index (χ4v) is 5.23. The Morgan fingerprint density at radius 2 is 1.90 bits per heavy atom. The molecule has 1 saturated heterocycles. The van der Waals surface area contributed by atoms with Gasteiger partial charge in [0.2, 0.25) is 17.0 Å². The number of rotatable bonds is 10. The Morgan fingerprint density at radius 1 is 1.21 bits per heavy atom. The van der Waals surface area contributed by atoms with Crippen molar-refractivity contribution >= 4 is 34.4 Å². The van der Waals surface area contributed by atoms with Crippen LogP contribution in [0.25, 0.3) is 22.4 Å². The summed E-state index contributed by atoms with van der Waals surface area (Å²) in [6.45, 7) is 5.15. The fourth-order valence-electron chi connectivity index (χ4n) is 4.71. The smallest absolute Gasteiger partial charge is 0.407 e. The minimum Gasteiger partial charge on any atom is -0.465 e. The van der Waals surface area contributed by atoms with Gasteiger partial charge in [-0.25, -0.2) is 18.4 Å². The van der Waals surface area contributed by atoms with Crippen molar-refractivity contribution in [1.82, 2.24) is 24.4 Å². The Bertz CT molecular complexity index is 1360. The molecule has 3 aromatic rings. The minimum atomic E-state index is -2.25. The van der Waals surface area contributed by atoms with Gasteiger partial charge < -0.3 is 19.7 Å². The molecular formula is C26H32FN5O6S. The van der Waals surface area contributed by atoms with Crippen LogP contribution in [0.1, 0.15) is 35.0 Å². The summed E-state index contributed by atoms with van der Waals surface area (Å²) in [6.07, 6.45) is 0.262. The van der Waals surface area contributed by atoms with Gasteiger partial charge in [0.05, 0.1) is 23.2 Å². The molecule has 1 aromatic carbocycles. The molecule has 0 aliphatic carbocycles. The molecule has 3 heterocycles. The second-order valence-electron chi connectivity index (χ2n) is 9.25. The number of nitrogens with zero attached hydrogens (tertiary/aromatic N) is 4. The van der Waals surface area contributed by atoms with E-state index in [0.717, 1.165) is 5.56 Å². The van der Waals surface area contributed by atoms with Crippen molar-refractivity contribution in [2.75, 3.05) is 46.3 Å². The lowest BCUT2D eigenvalue weighted by atomic mass is 10.0. The Morgan fingerprint density at radius 3 is 2.49 bits per heavy atom. The third-order valence-corrected chi connectivity index (χ3v) is 7.62. The number of pyridine rings is 1. The molecular weight excluding hydrogens is 529 g/mol.